The first-order valence-corrected chi connectivity index (χ1v) is 10.7. The molecule has 1 fully saturated rings. The maximum absolute atomic E-state index is 13.0. The lowest BCUT2D eigenvalue weighted by atomic mass is 10.2. The molecule has 0 spiro atoms. The number of halogens is 2. The number of anilines is 1. The van der Waals surface area contributed by atoms with E-state index in [1.165, 1.54) is 31.4 Å². The number of thioether (sulfide) groups is 1. The van der Waals surface area contributed by atoms with Gasteiger partial charge in [0.2, 0.25) is 5.91 Å². The minimum absolute atomic E-state index is 0.174. The molecule has 1 aliphatic rings. The van der Waals surface area contributed by atoms with Crippen molar-refractivity contribution >= 4 is 56.5 Å². The van der Waals surface area contributed by atoms with Crippen molar-refractivity contribution < 1.29 is 28.2 Å². The van der Waals surface area contributed by atoms with Crippen molar-refractivity contribution in [3.05, 3.63) is 57.2 Å². The number of carbonyl (C=O) groups excluding carboxylic acids is 3. The number of amides is 3. The van der Waals surface area contributed by atoms with Crippen LogP contribution in [0.15, 0.2) is 45.8 Å². The molecule has 31 heavy (non-hydrogen) atoms. The summed E-state index contributed by atoms with van der Waals surface area (Å²) in [6.45, 7) is 1.81. The molecule has 0 radical (unpaired) electrons. The lowest BCUT2D eigenvalue weighted by Crippen LogP contribution is -2.36. The van der Waals surface area contributed by atoms with Crippen LogP contribution in [-0.2, 0) is 9.59 Å². The van der Waals surface area contributed by atoms with Crippen LogP contribution in [0.1, 0.15) is 12.5 Å². The molecule has 0 saturated carbocycles. The van der Waals surface area contributed by atoms with E-state index < -0.39 is 29.4 Å². The summed E-state index contributed by atoms with van der Waals surface area (Å²) >= 11 is 4.16. The Morgan fingerprint density at radius 1 is 1.23 bits per heavy atom. The second-order valence-corrected chi connectivity index (χ2v) is 8.13. The fourth-order valence-corrected chi connectivity index (χ4v) is 4.01. The Morgan fingerprint density at radius 3 is 2.58 bits per heavy atom. The van der Waals surface area contributed by atoms with E-state index in [-0.39, 0.29) is 4.91 Å². The molecule has 0 bridgehead atoms. The summed E-state index contributed by atoms with van der Waals surface area (Å²) in [5.74, 6) is -0.565. The van der Waals surface area contributed by atoms with Crippen LogP contribution >= 0.6 is 27.7 Å². The van der Waals surface area contributed by atoms with Crippen LogP contribution in [0, 0.1) is 5.82 Å². The van der Waals surface area contributed by atoms with Crippen molar-refractivity contribution in [3.8, 4) is 11.5 Å². The molecule has 2 aromatic rings. The van der Waals surface area contributed by atoms with Crippen LogP contribution in [0.2, 0.25) is 0 Å². The van der Waals surface area contributed by atoms with Crippen LogP contribution < -0.4 is 14.8 Å². The number of ether oxygens (including phenoxy) is 2. The summed E-state index contributed by atoms with van der Waals surface area (Å²) in [6, 6.07) is 8.57. The summed E-state index contributed by atoms with van der Waals surface area (Å²) in [4.78, 5) is 38.3. The van der Waals surface area contributed by atoms with Gasteiger partial charge in [0.1, 0.15) is 12.4 Å². The van der Waals surface area contributed by atoms with E-state index in [0.29, 0.717) is 33.8 Å². The first-order valence-electron chi connectivity index (χ1n) is 9.13. The molecule has 7 nitrogen and oxygen atoms in total. The Balaban J connectivity index is 1.76. The van der Waals surface area contributed by atoms with Gasteiger partial charge in [-0.3, -0.25) is 19.3 Å². The zero-order valence-corrected chi connectivity index (χ0v) is 19.0. The monoisotopic (exact) mass is 508 g/mol. The zero-order chi connectivity index (χ0) is 22.5. The van der Waals surface area contributed by atoms with E-state index in [4.69, 9.17) is 9.47 Å². The highest BCUT2D eigenvalue weighted by molar-refractivity contribution is 9.10. The van der Waals surface area contributed by atoms with E-state index >= 15 is 0 Å². The van der Waals surface area contributed by atoms with Gasteiger partial charge in [0.15, 0.2) is 11.5 Å². The zero-order valence-electron chi connectivity index (χ0n) is 16.6. The van der Waals surface area contributed by atoms with Crippen LogP contribution in [0.4, 0.5) is 14.9 Å². The smallest absolute Gasteiger partial charge is 0.294 e. The van der Waals surface area contributed by atoms with Crippen molar-refractivity contribution in [2.24, 2.45) is 0 Å². The number of nitrogens with zero attached hydrogens (tertiary/aromatic N) is 1. The van der Waals surface area contributed by atoms with Crippen LogP contribution in [0.5, 0.6) is 11.5 Å². The van der Waals surface area contributed by atoms with Gasteiger partial charge in [-0.15, -0.1) is 0 Å². The van der Waals surface area contributed by atoms with Gasteiger partial charge in [0, 0.05) is 10.2 Å². The highest BCUT2D eigenvalue weighted by Gasteiger charge is 2.36. The molecule has 1 heterocycles. The standard InChI is InChI=1S/C21H18BrFN2O5S/c1-3-30-17-8-12(15(22)10-16(17)29-2)9-18-20(27)25(21(28)31-18)11-19(26)24-14-6-4-13(23)5-7-14/h4-10H,3,11H2,1-2H3,(H,24,26)/b18-9-. The van der Waals surface area contributed by atoms with Crippen molar-refractivity contribution in [2.75, 3.05) is 25.6 Å². The van der Waals surface area contributed by atoms with E-state index in [0.717, 1.165) is 16.7 Å². The molecule has 10 heteroatoms. The Kier molecular flexibility index (Phi) is 7.34. The van der Waals surface area contributed by atoms with E-state index in [1.54, 1.807) is 18.2 Å². The van der Waals surface area contributed by atoms with Gasteiger partial charge in [0.05, 0.1) is 18.6 Å². The number of benzene rings is 2. The van der Waals surface area contributed by atoms with Crippen molar-refractivity contribution in [1.82, 2.24) is 4.90 Å². The van der Waals surface area contributed by atoms with Crippen molar-refractivity contribution in [1.29, 1.82) is 0 Å². The lowest BCUT2D eigenvalue weighted by molar-refractivity contribution is -0.127. The third kappa shape index (κ3) is 5.45. The molecule has 0 aliphatic carbocycles. The second-order valence-electron chi connectivity index (χ2n) is 6.28. The van der Waals surface area contributed by atoms with Gasteiger partial charge in [-0.2, -0.15) is 0 Å². The minimum Gasteiger partial charge on any atom is -0.493 e. The Morgan fingerprint density at radius 2 is 1.94 bits per heavy atom. The second kappa shape index (κ2) is 9.97. The van der Waals surface area contributed by atoms with Gasteiger partial charge < -0.3 is 14.8 Å². The lowest BCUT2D eigenvalue weighted by Gasteiger charge is -2.13. The maximum atomic E-state index is 13.0. The Hall–Kier alpha value is -2.85. The Bertz CT molecular complexity index is 1060. The Labute approximate surface area is 190 Å². The first kappa shape index (κ1) is 22.8. The molecule has 3 amide bonds. The number of rotatable bonds is 7. The summed E-state index contributed by atoms with van der Waals surface area (Å²) in [6.07, 6.45) is 1.55. The number of carbonyl (C=O) groups is 3. The third-order valence-electron chi connectivity index (χ3n) is 4.17. The average Bonchev–Trinajstić information content (AvgIpc) is 2.99. The number of hydrogen-bond acceptors (Lipinski definition) is 6. The van der Waals surface area contributed by atoms with E-state index in [2.05, 4.69) is 21.2 Å². The molecule has 2 aromatic carbocycles. The molecular weight excluding hydrogens is 491 g/mol. The quantitative estimate of drug-likeness (QED) is 0.547. The third-order valence-corrected chi connectivity index (χ3v) is 5.77. The number of imide groups is 1. The van der Waals surface area contributed by atoms with E-state index in [9.17, 15) is 18.8 Å². The minimum atomic E-state index is -0.579. The fourth-order valence-electron chi connectivity index (χ4n) is 2.74. The summed E-state index contributed by atoms with van der Waals surface area (Å²) < 4.78 is 24.5. The maximum Gasteiger partial charge on any atom is 0.294 e. The molecular formula is C21H18BrFN2O5S. The van der Waals surface area contributed by atoms with Gasteiger partial charge >= 0.3 is 0 Å². The summed E-state index contributed by atoms with van der Waals surface area (Å²) in [5, 5.41) is 1.97. The SMILES string of the molecule is CCOc1cc(/C=C2\SC(=O)N(CC(=O)Nc3ccc(F)cc3)C2=O)c(Br)cc1OC. The van der Waals surface area contributed by atoms with E-state index in [1.807, 2.05) is 6.92 Å². The molecule has 1 N–H and O–H groups in total. The average molecular weight is 509 g/mol. The normalized spacial score (nSPS) is 14.8. The summed E-state index contributed by atoms with van der Waals surface area (Å²) in [5.41, 5.74) is 0.977. The topological polar surface area (TPSA) is 84.9 Å². The largest absolute Gasteiger partial charge is 0.493 e. The fraction of sp³-hybridized carbons (Fsp3) is 0.190. The first-order chi connectivity index (χ1) is 14.8. The number of hydrogen-bond donors (Lipinski definition) is 1. The molecule has 1 saturated heterocycles. The molecule has 1 aliphatic heterocycles. The molecule has 0 unspecified atom stereocenters. The molecule has 0 aromatic heterocycles. The van der Waals surface area contributed by atoms with Crippen molar-refractivity contribution in [2.45, 2.75) is 6.92 Å². The highest BCUT2D eigenvalue weighted by Crippen LogP contribution is 2.38. The van der Waals surface area contributed by atoms with Gasteiger partial charge in [-0.05, 0) is 66.7 Å². The van der Waals surface area contributed by atoms with Crippen LogP contribution in [0.3, 0.4) is 0 Å². The molecule has 3 rings (SSSR count). The van der Waals surface area contributed by atoms with Gasteiger partial charge in [-0.1, -0.05) is 15.9 Å². The van der Waals surface area contributed by atoms with Gasteiger partial charge in [0.25, 0.3) is 11.1 Å². The number of methoxy groups -OCH3 is 1. The van der Waals surface area contributed by atoms with Crippen LogP contribution in [-0.4, -0.2) is 42.2 Å². The predicted octanol–water partition coefficient (Wildman–Crippen LogP) is 4.67. The summed E-state index contributed by atoms with van der Waals surface area (Å²) in [7, 11) is 1.52. The van der Waals surface area contributed by atoms with Crippen LogP contribution in [0.25, 0.3) is 6.08 Å². The molecule has 0 atom stereocenters. The predicted molar refractivity (Wildman–Crippen MR) is 120 cm³/mol. The highest BCUT2D eigenvalue weighted by atomic mass is 79.9. The van der Waals surface area contributed by atoms with Gasteiger partial charge in [-0.25, -0.2) is 4.39 Å². The van der Waals surface area contributed by atoms with Crippen molar-refractivity contribution in [3.63, 3.8) is 0 Å². The molecule has 162 valence electrons. The number of nitrogens with one attached hydrogen (secondary N) is 1.